The zero-order valence-electron chi connectivity index (χ0n) is 14.8. The topological polar surface area (TPSA) is 80.3 Å². The fourth-order valence-electron chi connectivity index (χ4n) is 3.90. The normalized spacial score (nSPS) is 21.7. The van der Waals surface area contributed by atoms with Crippen LogP contribution in [-0.4, -0.2) is 58.2 Å². The van der Waals surface area contributed by atoms with E-state index in [4.69, 9.17) is 9.47 Å². The first-order chi connectivity index (χ1) is 12.8. The van der Waals surface area contributed by atoms with Crippen LogP contribution in [-0.2, 0) is 9.53 Å². The Kier molecular flexibility index (Phi) is 4.88. The summed E-state index contributed by atoms with van der Waals surface area (Å²) < 4.78 is 11.7. The van der Waals surface area contributed by atoms with E-state index in [1.165, 1.54) is 18.0 Å². The van der Waals surface area contributed by atoms with Gasteiger partial charge in [0, 0.05) is 26.0 Å². The van der Waals surface area contributed by atoms with Crippen molar-refractivity contribution in [2.75, 3.05) is 26.3 Å². The summed E-state index contributed by atoms with van der Waals surface area (Å²) in [6.45, 7) is 6.45. The molecular formula is C19H24N4O3. The van der Waals surface area contributed by atoms with E-state index in [0.29, 0.717) is 18.3 Å². The molecule has 1 N–H and O–H groups in total. The minimum absolute atomic E-state index is 0.0457. The summed E-state index contributed by atoms with van der Waals surface area (Å²) in [6.07, 6.45) is 8.65. The Bertz CT molecular complexity index is 797. The van der Waals surface area contributed by atoms with Crippen molar-refractivity contribution in [2.45, 2.75) is 37.7 Å². The van der Waals surface area contributed by atoms with Gasteiger partial charge in [-0.2, -0.15) is 0 Å². The van der Waals surface area contributed by atoms with Crippen molar-refractivity contribution < 1.29 is 14.3 Å². The number of H-pyrrole nitrogens is 1. The van der Waals surface area contributed by atoms with E-state index in [-0.39, 0.29) is 12.0 Å². The van der Waals surface area contributed by atoms with E-state index in [0.717, 1.165) is 56.5 Å². The first kappa shape index (κ1) is 17.0. The Labute approximate surface area is 152 Å². The van der Waals surface area contributed by atoms with Crippen molar-refractivity contribution in [1.29, 1.82) is 0 Å². The lowest BCUT2D eigenvalue weighted by atomic mass is 9.92. The Hall–Kier alpha value is -2.41. The van der Waals surface area contributed by atoms with Gasteiger partial charge in [-0.25, -0.2) is 9.97 Å². The van der Waals surface area contributed by atoms with Gasteiger partial charge >= 0.3 is 0 Å². The number of nitrogens with one attached hydrogen (secondary N) is 1. The molecule has 0 unspecified atom stereocenters. The summed E-state index contributed by atoms with van der Waals surface area (Å²) in [6, 6.07) is 0. The number of piperidine rings is 1. The number of hydrogen-bond acceptors (Lipinski definition) is 5. The molecule has 0 radical (unpaired) electrons. The summed E-state index contributed by atoms with van der Waals surface area (Å²) in [5.74, 6) is 0.988. The van der Waals surface area contributed by atoms with Crippen LogP contribution in [0, 0.1) is 0 Å². The van der Waals surface area contributed by atoms with Gasteiger partial charge in [0.05, 0.1) is 11.9 Å². The fraction of sp³-hybridized carbons (Fsp3) is 0.526. The van der Waals surface area contributed by atoms with Crippen LogP contribution in [0.1, 0.15) is 37.2 Å². The minimum Gasteiger partial charge on any atom is -0.472 e. The highest BCUT2D eigenvalue weighted by Crippen LogP contribution is 2.36. The second kappa shape index (κ2) is 7.45. The lowest BCUT2D eigenvalue weighted by molar-refractivity contribution is -0.128. The molecule has 7 heteroatoms. The molecule has 1 amide bonds. The molecule has 2 aliphatic rings. The van der Waals surface area contributed by atoms with E-state index in [2.05, 4.69) is 21.5 Å². The molecular weight excluding hydrogens is 332 g/mol. The Morgan fingerprint density at radius 2 is 2.19 bits per heavy atom. The third-order valence-electron chi connectivity index (χ3n) is 5.27. The molecule has 2 aromatic heterocycles. The Balaban J connectivity index is 1.59. The molecule has 0 bridgehead atoms. The maximum absolute atomic E-state index is 11.9. The molecule has 2 aliphatic heterocycles. The standard InChI is InChI=1S/C19H24N4O3/c1-2-16(24)23-7-3-4-14(11-23)26-19-17-15(13-5-8-25-9-6-13)10-20-18(17)21-12-22-19/h2,10,12-14H,1,3-9,11H2,(H,20,21,22)/t14-/m1/s1. The maximum Gasteiger partial charge on any atom is 0.246 e. The van der Waals surface area contributed by atoms with Crippen molar-refractivity contribution in [3.05, 3.63) is 30.7 Å². The summed E-state index contributed by atoms with van der Waals surface area (Å²) in [5, 5.41) is 0.964. The average Bonchev–Trinajstić information content (AvgIpc) is 3.13. The predicted octanol–water partition coefficient (Wildman–Crippen LogP) is 2.41. The highest BCUT2D eigenvalue weighted by atomic mass is 16.5. The molecule has 0 aliphatic carbocycles. The number of amides is 1. The van der Waals surface area contributed by atoms with E-state index >= 15 is 0 Å². The molecule has 138 valence electrons. The van der Waals surface area contributed by atoms with Crippen LogP contribution in [0.15, 0.2) is 25.2 Å². The molecule has 1 atom stereocenters. The monoisotopic (exact) mass is 356 g/mol. The zero-order valence-corrected chi connectivity index (χ0v) is 14.8. The van der Waals surface area contributed by atoms with Crippen LogP contribution < -0.4 is 4.74 Å². The zero-order chi connectivity index (χ0) is 17.9. The van der Waals surface area contributed by atoms with Crippen LogP contribution in [0.2, 0.25) is 0 Å². The summed E-state index contributed by atoms with van der Waals surface area (Å²) in [7, 11) is 0. The average molecular weight is 356 g/mol. The number of hydrogen-bond donors (Lipinski definition) is 1. The highest BCUT2D eigenvalue weighted by Gasteiger charge is 2.27. The summed E-state index contributed by atoms with van der Waals surface area (Å²) >= 11 is 0. The molecule has 7 nitrogen and oxygen atoms in total. The highest BCUT2D eigenvalue weighted by molar-refractivity contribution is 5.87. The van der Waals surface area contributed by atoms with Crippen LogP contribution in [0.3, 0.4) is 0 Å². The first-order valence-electron chi connectivity index (χ1n) is 9.24. The molecule has 2 saturated heterocycles. The van der Waals surface area contributed by atoms with Gasteiger partial charge in [-0.3, -0.25) is 4.79 Å². The van der Waals surface area contributed by atoms with Crippen molar-refractivity contribution in [1.82, 2.24) is 19.9 Å². The molecule has 0 aromatic carbocycles. The quantitative estimate of drug-likeness (QED) is 0.851. The number of rotatable bonds is 4. The van der Waals surface area contributed by atoms with E-state index in [1.807, 2.05) is 6.20 Å². The van der Waals surface area contributed by atoms with Crippen molar-refractivity contribution >= 4 is 16.9 Å². The third-order valence-corrected chi connectivity index (χ3v) is 5.27. The van der Waals surface area contributed by atoms with Gasteiger partial charge in [-0.1, -0.05) is 6.58 Å². The molecule has 26 heavy (non-hydrogen) atoms. The van der Waals surface area contributed by atoms with Gasteiger partial charge in [0.15, 0.2) is 0 Å². The van der Waals surface area contributed by atoms with E-state index in [1.54, 1.807) is 4.90 Å². The molecule has 0 saturated carbocycles. The number of carbonyl (C=O) groups is 1. The van der Waals surface area contributed by atoms with Crippen LogP contribution in [0.25, 0.3) is 11.0 Å². The van der Waals surface area contributed by atoms with E-state index < -0.39 is 0 Å². The second-order valence-corrected chi connectivity index (χ2v) is 6.90. The Morgan fingerprint density at radius 1 is 1.35 bits per heavy atom. The summed E-state index contributed by atoms with van der Waals surface area (Å²) in [4.78, 5) is 25.7. The van der Waals surface area contributed by atoms with Gasteiger partial charge in [0.25, 0.3) is 0 Å². The predicted molar refractivity (Wildman–Crippen MR) is 97.1 cm³/mol. The smallest absolute Gasteiger partial charge is 0.246 e. The number of aromatic amines is 1. The lowest BCUT2D eigenvalue weighted by Crippen LogP contribution is -2.43. The second-order valence-electron chi connectivity index (χ2n) is 6.90. The summed E-state index contributed by atoms with van der Waals surface area (Å²) in [5.41, 5.74) is 2.00. The first-order valence-corrected chi connectivity index (χ1v) is 9.24. The Morgan fingerprint density at radius 3 is 3.00 bits per heavy atom. The van der Waals surface area contributed by atoms with Crippen LogP contribution >= 0.6 is 0 Å². The van der Waals surface area contributed by atoms with Gasteiger partial charge in [0.1, 0.15) is 18.1 Å². The van der Waals surface area contributed by atoms with Gasteiger partial charge in [-0.05, 0) is 43.2 Å². The molecule has 4 heterocycles. The van der Waals surface area contributed by atoms with Gasteiger partial charge in [0.2, 0.25) is 11.8 Å². The van der Waals surface area contributed by atoms with Crippen LogP contribution in [0.5, 0.6) is 5.88 Å². The molecule has 2 aromatic rings. The minimum atomic E-state index is -0.0665. The number of fused-ring (bicyclic) bond motifs is 1. The number of ether oxygens (including phenoxy) is 2. The number of likely N-dealkylation sites (tertiary alicyclic amines) is 1. The van der Waals surface area contributed by atoms with Crippen molar-refractivity contribution in [3.8, 4) is 5.88 Å². The molecule has 0 spiro atoms. The van der Waals surface area contributed by atoms with Gasteiger partial charge < -0.3 is 19.4 Å². The number of carbonyl (C=O) groups excluding carboxylic acids is 1. The maximum atomic E-state index is 11.9. The lowest BCUT2D eigenvalue weighted by Gasteiger charge is -2.32. The molecule has 2 fully saturated rings. The largest absolute Gasteiger partial charge is 0.472 e. The molecule has 4 rings (SSSR count). The SMILES string of the molecule is C=CC(=O)N1CCC[C@@H](Oc2ncnc3[nH]cc(C4CCOCC4)c23)C1. The van der Waals surface area contributed by atoms with E-state index in [9.17, 15) is 4.79 Å². The number of nitrogens with zero attached hydrogens (tertiary/aromatic N) is 3. The van der Waals surface area contributed by atoms with Crippen molar-refractivity contribution in [3.63, 3.8) is 0 Å². The number of aromatic nitrogens is 3. The fourth-order valence-corrected chi connectivity index (χ4v) is 3.90. The van der Waals surface area contributed by atoms with Gasteiger partial charge in [-0.15, -0.1) is 0 Å². The van der Waals surface area contributed by atoms with Crippen molar-refractivity contribution in [2.24, 2.45) is 0 Å². The van der Waals surface area contributed by atoms with Crippen LogP contribution in [0.4, 0.5) is 0 Å². The third kappa shape index (κ3) is 3.31.